The van der Waals surface area contributed by atoms with Crippen molar-refractivity contribution in [1.82, 2.24) is 15.2 Å². The molecule has 3 aromatic rings. The van der Waals surface area contributed by atoms with E-state index >= 15 is 0 Å². The van der Waals surface area contributed by atoms with Crippen molar-refractivity contribution >= 4 is 40.5 Å². The molecular formula is C28H36N6O3. The number of nitrogens with zero attached hydrogens (tertiary/aromatic N) is 2. The molecule has 1 atom stereocenters. The van der Waals surface area contributed by atoms with E-state index < -0.39 is 11.6 Å². The third-order valence-electron chi connectivity index (χ3n) is 7.11. The molecule has 0 aliphatic carbocycles. The SMILES string of the molecule is CN(c1ccccc1NC=O)C1CCN(C(=O)C(Cc2c[nH]c3ccccc23)NC(=O)C(C)(C)N)CC1. The predicted molar refractivity (Wildman–Crippen MR) is 146 cm³/mol. The van der Waals surface area contributed by atoms with Gasteiger partial charge < -0.3 is 31.2 Å². The van der Waals surface area contributed by atoms with Crippen molar-refractivity contribution < 1.29 is 14.4 Å². The number of rotatable bonds is 9. The van der Waals surface area contributed by atoms with Crippen LogP contribution < -0.4 is 21.3 Å². The molecule has 1 aromatic heterocycles. The molecule has 1 saturated heterocycles. The summed E-state index contributed by atoms with van der Waals surface area (Å²) in [6.45, 7) is 4.41. The van der Waals surface area contributed by atoms with Crippen molar-refractivity contribution in [3.63, 3.8) is 0 Å². The molecule has 9 nitrogen and oxygen atoms in total. The zero-order chi connectivity index (χ0) is 26.6. The summed E-state index contributed by atoms with van der Waals surface area (Å²) in [6.07, 6.45) is 4.49. The smallest absolute Gasteiger partial charge is 0.245 e. The first-order valence-corrected chi connectivity index (χ1v) is 12.6. The molecule has 1 aliphatic rings. The topological polar surface area (TPSA) is 124 Å². The predicted octanol–water partition coefficient (Wildman–Crippen LogP) is 2.63. The molecule has 2 aromatic carbocycles. The maximum atomic E-state index is 13.7. The number of nitrogens with two attached hydrogens (primary N) is 1. The molecule has 0 saturated carbocycles. The Labute approximate surface area is 217 Å². The second-order valence-electron chi connectivity index (χ2n) is 10.3. The Bertz CT molecular complexity index is 1260. The molecular weight excluding hydrogens is 468 g/mol. The standard InChI is InChI=1S/C28H36N6O3/c1-28(2,29)27(37)32-24(16-19-17-30-22-9-5-4-8-21(19)22)26(36)34-14-12-20(13-15-34)33(3)25-11-7-6-10-23(25)31-18-35/h4-11,17-18,20,24,30H,12-16,29H2,1-3H3,(H,31,35)(H,32,37). The van der Waals surface area contributed by atoms with Gasteiger partial charge in [0.2, 0.25) is 18.2 Å². The maximum absolute atomic E-state index is 13.7. The number of hydrogen-bond donors (Lipinski definition) is 4. The number of para-hydroxylation sites is 3. The first kappa shape index (κ1) is 26.2. The van der Waals surface area contributed by atoms with Gasteiger partial charge in [0.05, 0.1) is 16.9 Å². The summed E-state index contributed by atoms with van der Waals surface area (Å²) in [7, 11) is 2.01. The molecule has 1 unspecified atom stereocenters. The van der Waals surface area contributed by atoms with Crippen molar-refractivity contribution in [3.8, 4) is 0 Å². The third kappa shape index (κ3) is 5.94. The molecule has 37 heavy (non-hydrogen) atoms. The van der Waals surface area contributed by atoms with Gasteiger partial charge in [0, 0.05) is 49.7 Å². The zero-order valence-corrected chi connectivity index (χ0v) is 21.7. The highest BCUT2D eigenvalue weighted by Gasteiger charge is 2.33. The van der Waals surface area contributed by atoms with E-state index in [9.17, 15) is 14.4 Å². The fraction of sp³-hybridized carbons (Fsp3) is 0.393. The van der Waals surface area contributed by atoms with E-state index in [0.29, 0.717) is 25.9 Å². The summed E-state index contributed by atoms with van der Waals surface area (Å²) in [6, 6.07) is 15.1. The van der Waals surface area contributed by atoms with E-state index in [2.05, 4.69) is 20.5 Å². The molecule has 1 aliphatic heterocycles. The van der Waals surface area contributed by atoms with Crippen molar-refractivity contribution in [3.05, 3.63) is 60.3 Å². The van der Waals surface area contributed by atoms with Crippen LogP contribution in [0, 0.1) is 0 Å². The normalized spacial score (nSPS) is 15.3. The van der Waals surface area contributed by atoms with Crippen LogP contribution in [0.25, 0.3) is 10.9 Å². The molecule has 196 valence electrons. The minimum Gasteiger partial charge on any atom is -0.370 e. The summed E-state index contributed by atoms with van der Waals surface area (Å²) in [5.41, 5.74) is 8.59. The number of piperidine rings is 1. The number of anilines is 2. The summed E-state index contributed by atoms with van der Waals surface area (Å²) >= 11 is 0. The maximum Gasteiger partial charge on any atom is 0.245 e. The molecule has 9 heteroatoms. The molecule has 0 radical (unpaired) electrons. The number of aromatic nitrogens is 1. The van der Waals surface area contributed by atoms with E-state index in [4.69, 9.17) is 5.73 Å². The van der Waals surface area contributed by atoms with E-state index in [-0.39, 0.29) is 17.9 Å². The summed E-state index contributed by atoms with van der Waals surface area (Å²) in [5, 5.41) is 6.71. The van der Waals surface area contributed by atoms with Gasteiger partial charge in [-0.25, -0.2) is 0 Å². The quantitative estimate of drug-likeness (QED) is 0.334. The number of carbonyl (C=O) groups excluding carboxylic acids is 3. The van der Waals surface area contributed by atoms with Crippen LogP contribution in [0.5, 0.6) is 0 Å². The van der Waals surface area contributed by atoms with E-state index in [0.717, 1.165) is 40.7 Å². The highest BCUT2D eigenvalue weighted by Crippen LogP contribution is 2.29. The van der Waals surface area contributed by atoms with Gasteiger partial charge in [-0.1, -0.05) is 30.3 Å². The Morgan fingerprint density at radius 1 is 1.16 bits per heavy atom. The van der Waals surface area contributed by atoms with Gasteiger partial charge in [-0.15, -0.1) is 0 Å². The second-order valence-corrected chi connectivity index (χ2v) is 10.3. The Hall–Kier alpha value is -3.85. The van der Waals surface area contributed by atoms with Crippen molar-refractivity contribution in [1.29, 1.82) is 0 Å². The van der Waals surface area contributed by atoms with Crippen LogP contribution in [-0.2, 0) is 20.8 Å². The van der Waals surface area contributed by atoms with Crippen molar-refractivity contribution in [2.24, 2.45) is 5.73 Å². The number of carbonyl (C=O) groups is 3. The highest BCUT2D eigenvalue weighted by molar-refractivity contribution is 5.92. The molecule has 0 spiro atoms. The van der Waals surface area contributed by atoms with Gasteiger partial charge in [0.1, 0.15) is 6.04 Å². The fourth-order valence-electron chi connectivity index (χ4n) is 4.92. The monoisotopic (exact) mass is 504 g/mol. The Morgan fingerprint density at radius 3 is 2.54 bits per heavy atom. The average molecular weight is 505 g/mol. The summed E-state index contributed by atoms with van der Waals surface area (Å²) in [5.74, 6) is -0.466. The van der Waals surface area contributed by atoms with Crippen LogP contribution >= 0.6 is 0 Å². The number of nitrogens with one attached hydrogen (secondary N) is 3. The number of H-pyrrole nitrogens is 1. The lowest BCUT2D eigenvalue weighted by Crippen LogP contribution is -2.58. The number of fused-ring (bicyclic) bond motifs is 1. The lowest BCUT2D eigenvalue weighted by molar-refractivity contribution is -0.138. The number of hydrogen-bond acceptors (Lipinski definition) is 5. The van der Waals surface area contributed by atoms with Crippen LogP contribution in [0.15, 0.2) is 54.7 Å². The molecule has 0 bridgehead atoms. The minimum absolute atomic E-state index is 0.105. The van der Waals surface area contributed by atoms with Crippen LogP contribution in [0.3, 0.4) is 0 Å². The van der Waals surface area contributed by atoms with E-state index in [1.807, 2.05) is 66.7 Å². The molecule has 4 rings (SSSR count). The number of aromatic amines is 1. The van der Waals surface area contributed by atoms with Crippen LogP contribution in [0.2, 0.25) is 0 Å². The van der Waals surface area contributed by atoms with E-state index in [1.54, 1.807) is 13.8 Å². The van der Waals surface area contributed by atoms with Gasteiger partial charge in [-0.3, -0.25) is 14.4 Å². The second kappa shape index (κ2) is 11.0. The number of benzene rings is 2. The van der Waals surface area contributed by atoms with Crippen molar-refractivity contribution in [2.45, 2.75) is 50.7 Å². The van der Waals surface area contributed by atoms with Gasteiger partial charge in [0.25, 0.3) is 0 Å². The minimum atomic E-state index is -1.10. The molecule has 2 heterocycles. The largest absolute Gasteiger partial charge is 0.370 e. The molecule has 1 fully saturated rings. The number of likely N-dealkylation sites (tertiary alicyclic amines) is 1. The van der Waals surface area contributed by atoms with Gasteiger partial charge in [-0.2, -0.15) is 0 Å². The first-order valence-electron chi connectivity index (χ1n) is 12.6. The van der Waals surface area contributed by atoms with Gasteiger partial charge in [0.15, 0.2) is 0 Å². The third-order valence-corrected chi connectivity index (χ3v) is 7.11. The Balaban J connectivity index is 1.47. The van der Waals surface area contributed by atoms with Crippen LogP contribution in [0.4, 0.5) is 11.4 Å². The molecule has 5 N–H and O–H groups in total. The Morgan fingerprint density at radius 2 is 1.84 bits per heavy atom. The molecule has 3 amide bonds. The zero-order valence-electron chi connectivity index (χ0n) is 21.7. The van der Waals surface area contributed by atoms with Crippen LogP contribution in [-0.4, -0.2) is 65.9 Å². The average Bonchev–Trinajstić information content (AvgIpc) is 3.30. The highest BCUT2D eigenvalue weighted by atomic mass is 16.2. The lowest BCUT2D eigenvalue weighted by atomic mass is 9.98. The number of amides is 3. The van der Waals surface area contributed by atoms with E-state index in [1.165, 1.54) is 0 Å². The summed E-state index contributed by atoms with van der Waals surface area (Å²) in [4.78, 5) is 44.8. The summed E-state index contributed by atoms with van der Waals surface area (Å²) < 4.78 is 0. The van der Waals surface area contributed by atoms with Crippen LogP contribution in [0.1, 0.15) is 32.3 Å². The van der Waals surface area contributed by atoms with Crippen molar-refractivity contribution in [2.75, 3.05) is 30.4 Å². The van der Waals surface area contributed by atoms with Gasteiger partial charge >= 0.3 is 0 Å². The first-order chi connectivity index (χ1) is 17.7. The van der Waals surface area contributed by atoms with Gasteiger partial charge in [-0.05, 0) is 50.5 Å². The fourth-order valence-corrected chi connectivity index (χ4v) is 4.92. The lowest BCUT2D eigenvalue weighted by Gasteiger charge is -2.39. The Kier molecular flexibility index (Phi) is 7.83.